The fourth-order valence-corrected chi connectivity index (χ4v) is 3.52. The van der Waals surface area contributed by atoms with Gasteiger partial charge in [-0.2, -0.15) is 0 Å². The summed E-state index contributed by atoms with van der Waals surface area (Å²) in [6, 6.07) is 16.2. The van der Waals surface area contributed by atoms with Gasteiger partial charge < -0.3 is 14.8 Å². The summed E-state index contributed by atoms with van der Waals surface area (Å²) in [4.78, 5) is 12.8. The predicted molar refractivity (Wildman–Crippen MR) is 100 cm³/mol. The Bertz CT molecular complexity index is 813. The van der Waals surface area contributed by atoms with Crippen molar-refractivity contribution in [1.82, 2.24) is 5.32 Å². The molecule has 26 heavy (non-hydrogen) atoms. The number of benzene rings is 2. The van der Waals surface area contributed by atoms with Gasteiger partial charge in [0, 0.05) is 12.0 Å². The van der Waals surface area contributed by atoms with Gasteiger partial charge in [0.05, 0.1) is 25.9 Å². The second-order valence-corrected chi connectivity index (χ2v) is 6.69. The maximum Gasteiger partial charge on any atom is 0.247 e. The Morgan fingerprint density at radius 1 is 1.00 bits per heavy atom. The van der Waals surface area contributed by atoms with Gasteiger partial charge in [-0.1, -0.05) is 42.5 Å². The average Bonchev–Trinajstić information content (AvgIpc) is 2.73. The Morgan fingerprint density at radius 2 is 1.88 bits per heavy atom. The molecule has 0 fully saturated rings. The lowest BCUT2D eigenvalue weighted by Gasteiger charge is -2.24. The van der Waals surface area contributed by atoms with Gasteiger partial charge in [0.15, 0.2) is 0 Å². The minimum Gasteiger partial charge on any atom is -0.493 e. The van der Waals surface area contributed by atoms with Crippen LogP contribution in [0.25, 0.3) is 0 Å². The Balaban J connectivity index is 1.65. The van der Waals surface area contributed by atoms with E-state index >= 15 is 0 Å². The van der Waals surface area contributed by atoms with Gasteiger partial charge in [0.25, 0.3) is 0 Å². The summed E-state index contributed by atoms with van der Waals surface area (Å²) in [7, 11) is 0. The Morgan fingerprint density at radius 3 is 2.69 bits per heavy atom. The first-order valence-electron chi connectivity index (χ1n) is 9.19. The summed E-state index contributed by atoms with van der Waals surface area (Å²) in [5.41, 5.74) is 4.18. The summed E-state index contributed by atoms with van der Waals surface area (Å²) in [6.45, 7) is 1.89. The van der Waals surface area contributed by atoms with Gasteiger partial charge >= 0.3 is 0 Å². The molecule has 0 spiro atoms. The molecule has 4 rings (SSSR count). The molecular formula is C22H23NO3. The molecule has 2 aromatic carbocycles. The molecule has 0 radical (unpaired) electrons. The number of ether oxygens (including phenoxy) is 2. The van der Waals surface area contributed by atoms with Crippen LogP contribution in [0, 0.1) is 0 Å². The molecule has 0 aliphatic carbocycles. The molecule has 0 bridgehead atoms. The second kappa shape index (κ2) is 7.75. The Kier molecular flexibility index (Phi) is 5.02. The van der Waals surface area contributed by atoms with E-state index in [0.29, 0.717) is 19.6 Å². The van der Waals surface area contributed by atoms with Crippen molar-refractivity contribution in [3.05, 3.63) is 76.9 Å². The number of fused-ring (bicyclic) bond motifs is 1. The highest BCUT2D eigenvalue weighted by molar-refractivity contribution is 5.94. The third-order valence-electron chi connectivity index (χ3n) is 4.93. The minimum atomic E-state index is -0.181. The van der Waals surface area contributed by atoms with Crippen LogP contribution in [-0.4, -0.2) is 25.7 Å². The summed E-state index contributed by atoms with van der Waals surface area (Å²) >= 11 is 0. The molecule has 1 atom stereocenters. The van der Waals surface area contributed by atoms with E-state index < -0.39 is 0 Å². The number of nitrogens with one attached hydrogen (secondary N) is 1. The van der Waals surface area contributed by atoms with Gasteiger partial charge in [-0.25, -0.2) is 0 Å². The molecule has 1 N–H and O–H groups in total. The lowest BCUT2D eigenvalue weighted by atomic mass is 9.94. The number of hydrogen-bond acceptors (Lipinski definition) is 3. The molecule has 0 aromatic heterocycles. The van der Waals surface area contributed by atoms with Crippen LogP contribution in [0.3, 0.4) is 0 Å². The van der Waals surface area contributed by atoms with Crippen LogP contribution in [0.15, 0.2) is 60.2 Å². The fourth-order valence-electron chi connectivity index (χ4n) is 3.52. The first-order valence-corrected chi connectivity index (χ1v) is 9.19. The standard InChI is InChI=1S/C22H23NO3/c24-22(17-10-13-25-14-11-17)23-21(16-5-2-1-3-6-16)19-8-9-20-18(15-19)7-4-12-26-20/h1-3,5-6,8-10,15,21H,4,7,11-14H2,(H,23,24). The molecule has 1 amide bonds. The maximum atomic E-state index is 12.8. The number of hydrogen-bond donors (Lipinski definition) is 1. The average molecular weight is 349 g/mol. The van der Waals surface area contributed by atoms with Crippen molar-refractivity contribution in [2.75, 3.05) is 19.8 Å². The number of amides is 1. The first-order chi connectivity index (χ1) is 12.8. The van der Waals surface area contributed by atoms with E-state index in [2.05, 4.69) is 29.6 Å². The van der Waals surface area contributed by atoms with Crippen LogP contribution < -0.4 is 10.1 Å². The van der Waals surface area contributed by atoms with E-state index in [1.54, 1.807) is 0 Å². The van der Waals surface area contributed by atoms with Crippen molar-refractivity contribution < 1.29 is 14.3 Å². The highest BCUT2D eigenvalue weighted by Crippen LogP contribution is 2.30. The van der Waals surface area contributed by atoms with E-state index in [1.165, 1.54) is 5.56 Å². The largest absolute Gasteiger partial charge is 0.493 e. The molecular weight excluding hydrogens is 326 g/mol. The van der Waals surface area contributed by atoms with Gasteiger partial charge in [-0.15, -0.1) is 0 Å². The second-order valence-electron chi connectivity index (χ2n) is 6.69. The van der Waals surface area contributed by atoms with Crippen LogP contribution in [0.4, 0.5) is 0 Å². The van der Waals surface area contributed by atoms with Crippen LogP contribution in [0.2, 0.25) is 0 Å². The zero-order valence-corrected chi connectivity index (χ0v) is 14.7. The van der Waals surface area contributed by atoms with Gasteiger partial charge in [0.1, 0.15) is 5.75 Å². The maximum absolute atomic E-state index is 12.8. The summed E-state index contributed by atoms with van der Waals surface area (Å²) in [6.07, 6.45) is 4.58. The van der Waals surface area contributed by atoms with Crippen LogP contribution in [0.1, 0.15) is 35.6 Å². The first kappa shape index (κ1) is 16.9. The summed E-state index contributed by atoms with van der Waals surface area (Å²) in [5, 5.41) is 3.22. The number of carbonyl (C=O) groups is 1. The van der Waals surface area contributed by atoms with E-state index in [9.17, 15) is 4.79 Å². The number of rotatable bonds is 4. The lowest BCUT2D eigenvalue weighted by Crippen LogP contribution is -2.32. The van der Waals surface area contributed by atoms with Crippen molar-refractivity contribution in [1.29, 1.82) is 0 Å². The highest BCUT2D eigenvalue weighted by atomic mass is 16.5. The topological polar surface area (TPSA) is 47.6 Å². The number of carbonyl (C=O) groups excluding carboxylic acids is 1. The normalized spacial score (nSPS) is 17.5. The zero-order chi connectivity index (χ0) is 17.8. The predicted octanol–water partition coefficient (Wildman–Crippen LogP) is 3.56. The molecule has 0 saturated carbocycles. The van der Waals surface area contributed by atoms with Crippen molar-refractivity contribution in [3.63, 3.8) is 0 Å². The van der Waals surface area contributed by atoms with Crippen LogP contribution in [0.5, 0.6) is 5.75 Å². The molecule has 2 aliphatic rings. The third-order valence-corrected chi connectivity index (χ3v) is 4.93. The SMILES string of the molecule is O=C(NC(c1ccccc1)c1ccc2c(c1)CCCO2)C1=CCOCC1. The molecule has 4 heteroatoms. The monoisotopic (exact) mass is 349 g/mol. The summed E-state index contributed by atoms with van der Waals surface area (Å²) < 4.78 is 11.0. The Labute approximate surface area is 153 Å². The smallest absolute Gasteiger partial charge is 0.247 e. The molecule has 0 saturated heterocycles. The highest BCUT2D eigenvalue weighted by Gasteiger charge is 2.22. The van der Waals surface area contributed by atoms with Crippen molar-refractivity contribution in [3.8, 4) is 5.75 Å². The van der Waals surface area contributed by atoms with Crippen molar-refractivity contribution >= 4 is 5.91 Å². The van der Waals surface area contributed by atoms with Crippen LogP contribution >= 0.6 is 0 Å². The molecule has 1 unspecified atom stereocenters. The van der Waals surface area contributed by atoms with E-state index in [4.69, 9.17) is 9.47 Å². The minimum absolute atomic E-state index is 0.0175. The van der Waals surface area contributed by atoms with Crippen LogP contribution in [-0.2, 0) is 16.0 Å². The Hall–Kier alpha value is -2.59. The van der Waals surface area contributed by atoms with Crippen molar-refractivity contribution in [2.24, 2.45) is 0 Å². The lowest BCUT2D eigenvalue weighted by molar-refractivity contribution is -0.118. The van der Waals surface area contributed by atoms with Gasteiger partial charge in [0.2, 0.25) is 5.91 Å². The quantitative estimate of drug-likeness (QED) is 0.918. The number of aryl methyl sites for hydroxylation is 1. The zero-order valence-electron chi connectivity index (χ0n) is 14.7. The molecule has 2 aromatic rings. The van der Waals surface area contributed by atoms with E-state index in [1.807, 2.05) is 30.3 Å². The molecule has 4 nitrogen and oxygen atoms in total. The van der Waals surface area contributed by atoms with Crippen molar-refractivity contribution in [2.45, 2.75) is 25.3 Å². The molecule has 134 valence electrons. The van der Waals surface area contributed by atoms with E-state index in [-0.39, 0.29) is 11.9 Å². The van der Waals surface area contributed by atoms with E-state index in [0.717, 1.165) is 41.9 Å². The third kappa shape index (κ3) is 3.65. The molecule has 2 heterocycles. The summed E-state index contributed by atoms with van der Waals surface area (Å²) in [5.74, 6) is 0.946. The van der Waals surface area contributed by atoms with Gasteiger partial charge in [-0.3, -0.25) is 4.79 Å². The fraction of sp³-hybridized carbons (Fsp3) is 0.318. The molecule has 2 aliphatic heterocycles. The van der Waals surface area contributed by atoms with Gasteiger partial charge in [-0.05, 0) is 41.7 Å².